The Balaban J connectivity index is 1.40. The zero-order chi connectivity index (χ0) is 22.2. The number of ether oxygens (including phenoxy) is 1. The predicted octanol–water partition coefficient (Wildman–Crippen LogP) is 5.88. The molecule has 0 fully saturated rings. The zero-order valence-corrected chi connectivity index (χ0v) is 17.2. The fourth-order valence-electron chi connectivity index (χ4n) is 2.89. The van der Waals surface area contributed by atoms with Gasteiger partial charge in [0.1, 0.15) is 29.5 Å². The quantitative estimate of drug-likeness (QED) is 0.307. The summed E-state index contributed by atoms with van der Waals surface area (Å²) in [7, 11) is 0. The predicted molar refractivity (Wildman–Crippen MR) is 127 cm³/mol. The highest BCUT2D eigenvalue weighted by Crippen LogP contribution is 2.25. The molecule has 0 radical (unpaired) electrons. The van der Waals surface area contributed by atoms with Crippen LogP contribution in [0.2, 0.25) is 0 Å². The Labute approximate surface area is 185 Å². The van der Waals surface area contributed by atoms with E-state index in [1.165, 1.54) is 12.4 Å². The van der Waals surface area contributed by atoms with Crippen LogP contribution in [0, 0.1) is 0 Å². The molecule has 0 aliphatic heterocycles. The molecular formula is C25H21N5O2. The van der Waals surface area contributed by atoms with Crippen LogP contribution in [0.3, 0.4) is 0 Å². The maximum atomic E-state index is 11.5. The van der Waals surface area contributed by atoms with Gasteiger partial charge < -0.3 is 20.7 Å². The van der Waals surface area contributed by atoms with Crippen LogP contribution in [0.4, 0.5) is 28.7 Å². The van der Waals surface area contributed by atoms with Gasteiger partial charge >= 0.3 is 0 Å². The number of benzene rings is 3. The van der Waals surface area contributed by atoms with Crippen molar-refractivity contribution in [2.24, 2.45) is 0 Å². The molecule has 0 aliphatic rings. The number of hydrogen-bond acceptors (Lipinski definition) is 6. The molecular weight excluding hydrogens is 402 g/mol. The Morgan fingerprint density at radius 1 is 0.750 bits per heavy atom. The second-order valence-electron chi connectivity index (χ2n) is 6.75. The summed E-state index contributed by atoms with van der Waals surface area (Å²) >= 11 is 0. The van der Waals surface area contributed by atoms with Crippen LogP contribution in [0.15, 0.2) is 104 Å². The topological polar surface area (TPSA) is 88.2 Å². The summed E-state index contributed by atoms with van der Waals surface area (Å²) in [6.07, 6.45) is 2.70. The fraction of sp³-hybridized carbons (Fsp3) is 0. The van der Waals surface area contributed by atoms with Crippen molar-refractivity contribution in [1.82, 2.24) is 9.97 Å². The number of carbonyl (C=O) groups is 1. The lowest BCUT2D eigenvalue weighted by Gasteiger charge is -2.11. The first-order valence-electron chi connectivity index (χ1n) is 9.90. The van der Waals surface area contributed by atoms with Gasteiger partial charge in [0.05, 0.1) is 0 Å². The van der Waals surface area contributed by atoms with Crippen LogP contribution in [-0.4, -0.2) is 15.9 Å². The monoisotopic (exact) mass is 423 g/mol. The number of amides is 1. The number of nitrogens with one attached hydrogen (secondary N) is 3. The Kier molecular flexibility index (Phi) is 6.38. The van der Waals surface area contributed by atoms with Crippen molar-refractivity contribution in [2.45, 2.75) is 0 Å². The van der Waals surface area contributed by atoms with Gasteiger partial charge in [-0.05, 0) is 60.7 Å². The third kappa shape index (κ3) is 5.70. The number of hydrogen-bond donors (Lipinski definition) is 3. The van der Waals surface area contributed by atoms with Gasteiger partial charge in [-0.15, -0.1) is 0 Å². The van der Waals surface area contributed by atoms with Crippen molar-refractivity contribution in [3.63, 3.8) is 0 Å². The van der Waals surface area contributed by atoms with E-state index in [9.17, 15) is 4.79 Å². The van der Waals surface area contributed by atoms with Crippen molar-refractivity contribution >= 4 is 34.6 Å². The molecule has 0 saturated heterocycles. The van der Waals surface area contributed by atoms with E-state index >= 15 is 0 Å². The SMILES string of the molecule is C=CC(=O)Nc1cccc(Nc2cc(Nc3ccc(Oc4ccccc4)cc3)ncn2)c1. The van der Waals surface area contributed by atoms with Crippen molar-refractivity contribution in [3.8, 4) is 11.5 Å². The molecule has 7 nitrogen and oxygen atoms in total. The van der Waals surface area contributed by atoms with Crippen molar-refractivity contribution in [2.75, 3.05) is 16.0 Å². The smallest absolute Gasteiger partial charge is 0.247 e. The Bertz CT molecular complexity index is 1210. The van der Waals surface area contributed by atoms with Gasteiger partial charge in [0, 0.05) is 23.1 Å². The molecule has 7 heteroatoms. The lowest BCUT2D eigenvalue weighted by Crippen LogP contribution is -2.07. The van der Waals surface area contributed by atoms with E-state index in [0.29, 0.717) is 17.3 Å². The second kappa shape index (κ2) is 9.90. The minimum absolute atomic E-state index is 0.268. The Hall–Kier alpha value is -4.65. The molecule has 0 spiro atoms. The first kappa shape index (κ1) is 20.6. The van der Waals surface area contributed by atoms with Crippen LogP contribution < -0.4 is 20.7 Å². The minimum Gasteiger partial charge on any atom is -0.457 e. The fourth-order valence-corrected chi connectivity index (χ4v) is 2.89. The second-order valence-corrected chi connectivity index (χ2v) is 6.75. The maximum Gasteiger partial charge on any atom is 0.247 e. The third-order valence-corrected chi connectivity index (χ3v) is 4.36. The highest BCUT2D eigenvalue weighted by molar-refractivity contribution is 5.99. The summed E-state index contributed by atoms with van der Waals surface area (Å²) in [6, 6.07) is 26.3. The van der Waals surface area contributed by atoms with Gasteiger partial charge in [-0.3, -0.25) is 4.79 Å². The van der Waals surface area contributed by atoms with Crippen molar-refractivity contribution in [1.29, 1.82) is 0 Å². The van der Waals surface area contributed by atoms with Gasteiger partial charge in [0.25, 0.3) is 0 Å². The number of aromatic nitrogens is 2. The molecule has 0 atom stereocenters. The molecule has 4 rings (SSSR count). The number of para-hydroxylation sites is 1. The number of anilines is 5. The Morgan fingerprint density at radius 2 is 1.41 bits per heavy atom. The van der Waals surface area contributed by atoms with Crippen molar-refractivity contribution in [3.05, 3.63) is 104 Å². The lowest BCUT2D eigenvalue weighted by atomic mass is 10.2. The summed E-state index contributed by atoms with van der Waals surface area (Å²) in [5.74, 6) is 2.51. The molecule has 3 N–H and O–H groups in total. The molecule has 1 aromatic heterocycles. The summed E-state index contributed by atoms with van der Waals surface area (Å²) in [6.45, 7) is 3.46. The molecule has 0 saturated carbocycles. The average Bonchev–Trinajstić information content (AvgIpc) is 2.81. The molecule has 4 aromatic rings. The van der Waals surface area contributed by atoms with Crippen molar-refractivity contribution < 1.29 is 9.53 Å². The largest absolute Gasteiger partial charge is 0.457 e. The standard InChI is InChI=1S/C25H21N5O2/c1-2-25(31)30-20-8-6-7-19(15-20)29-24-16-23(26-17-27-24)28-18-11-13-22(14-12-18)32-21-9-4-3-5-10-21/h2-17H,1H2,(H,30,31)(H2,26,27,28,29). The number of nitrogens with zero attached hydrogens (tertiary/aromatic N) is 2. The van der Waals surface area contributed by atoms with E-state index in [-0.39, 0.29) is 5.91 Å². The Morgan fingerprint density at radius 3 is 2.12 bits per heavy atom. The summed E-state index contributed by atoms with van der Waals surface area (Å²) in [5, 5.41) is 9.19. The molecule has 0 aliphatic carbocycles. The van der Waals surface area contributed by atoms with Crippen LogP contribution in [-0.2, 0) is 4.79 Å². The van der Waals surface area contributed by atoms with Gasteiger partial charge in [-0.1, -0.05) is 30.8 Å². The maximum absolute atomic E-state index is 11.5. The molecule has 0 unspecified atom stereocenters. The van der Waals surface area contributed by atoms with E-state index in [2.05, 4.69) is 32.5 Å². The van der Waals surface area contributed by atoms with Crippen LogP contribution in [0.25, 0.3) is 0 Å². The number of rotatable bonds is 8. The van der Waals surface area contributed by atoms with Crippen LogP contribution >= 0.6 is 0 Å². The molecule has 0 bridgehead atoms. The molecule has 158 valence electrons. The third-order valence-electron chi connectivity index (χ3n) is 4.36. The van der Waals surface area contributed by atoms with E-state index < -0.39 is 0 Å². The molecule has 1 amide bonds. The summed E-state index contributed by atoms with van der Waals surface area (Å²) in [4.78, 5) is 20.0. The van der Waals surface area contributed by atoms with E-state index in [4.69, 9.17) is 4.74 Å². The molecule has 1 heterocycles. The average molecular weight is 423 g/mol. The van der Waals surface area contributed by atoms with Gasteiger partial charge in [0.15, 0.2) is 0 Å². The van der Waals surface area contributed by atoms with E-state index in [0.717, 1.165) is 22.9 Å². The van der Waals surface area contributed by atoms with E-state index in [1.807, 2.05) is 72.8 Å². The summed E-state index contributed by atoms with van der Waals surface area (Å²) in [5.41, 5.74) is 2.30. The van der Waals surface area contributed by atoms with Gasteiger partial charge in [0.2, 0.25) is 5.91 Å². The first-order chi connectivity index (χ1) is 15.7. The first-order valence-corrected chi connectivity index (χ1v) is 9.90. The van der Waals surface area contributed by atoms with Crippen LogP contribution in [0.5, 0.6) is 11.5 Å². The van der Waals surface area contributed by atoms with E-state index in [1.54, 1.807) is 12.1 Å². The highest BCUT2D eigenvalue weighted by Gasteiger charge is 2.04. The zero-order valence-electron chi connectivity index (χ0n) is 17.2. The van der Waals surface area contributed by atoms with Crippen LogP contribution in [0.1, 0.15) is 0 Å². The highest BCUT2D eigenvalue weighted by atomic mass is 16.5. The lowest BCUT2D eigenvalue weighted by molar-refractivity contribution is -0.111. The molecule has 32 heavy (non-hydrogen) atoms. The van der Waals surface area contributed by atoms with Gasteiger partial charge in [-0.2, -0.15) is 0 Å². The van der Waals surface area contributed by atoms with Gasteiger partial charge in [-0.25, -0.2) is 9.97 Å². The minimum atomic E-state index is -0.268. The number of carbonyl (C=O) groups excluding carboxylic acids is 1. The molecule has 3 aromatic carbocycles. The normalized spacial score (nSPS) is 10.1. The summed E-state index contributed by atoms with van der Waals surface area (Å²) < 4.78 is 5.81.